The van der Waals surface area contributed by atoms with Crippen LogP contribution in [0.3, 0.4) is 0 Å². The summed E-state index contributed by atoms with van der Waals surface area (Å²) in [5, 5.41) is 15.2. The van der Waals surface area contributed by atoms with Gasteiger partial charge in [0.25, 0.3) is 0 Å². The van der Waals surface area contributed by atoms with E-state index >= 15 is 0 Å². The summed E-state index contributed by atoms with van der Waals surface area (Å²) in [4.78, 5) is 13.6. The standard InChI is InChI=1S/C30H43N5S.CH3O.ClHO4.Cu/c1-29(2,3)22-31-27-16-10-12-24(33-27)20-35(18-19-36-26-14-8-7-9-15-26)21-25-13-11-17-28(34-25)32-23-30(4,5)6;1-2;2-1(3,4)5;/h7-17H,18-23H2,1-6H3,(H,31,33)(H,32,34);1H3;(H,2,3,4,5);/q;-1;;+2/p-1. The smallest absolute Gasteiger partial charge is 0.857 e. The van der Waals surface area contributed by atoms with Gasteiger partial charge in [-0.15, -0.1) is 22.0 Å². The van der Waals surface area contributed by atoms with E-state index in [0.717, 1.165) is 68.6 Å². The summed E-state index contributed by atoms with van der Waals surface area (Å²) < 4.78 is 34.0. The van der Waals surface area contributed by atoms with Crippen molar-refractivity contribution in [3.05, 3.63) is 78.1 Å². The third-order valence-electron chi connectivity index (χ3n) is 5.40. The number of halogens is 1. The van der Waals surface area contributed by atoms with Crippen LogP contribution in [0, 0.1) is 21.1 Å². The van der Waals surface area contributed by atoms with Crippen LogP contribution in [0.5, 0.6) is 0 Å². The van der Waals surface area contributed by atoms with Crippen molar-refractivity contribution in [1.82, 2.24) is 14.9 Å². The van der Waals surface area contributed by atoms with Crippen molar-refractivity contribution in [1.29, 1.82) is 0 Å². The Morgan fingerprint density at radius 2 is 1.09 bits per heavy atom. The van der Waals surface area contributed by atoms with E-state index in [1.165, 1.54) is 4.90 Å². The van der Waals surface area contributed by atoms with Crippen molar-refractivity contribution in [2.24, 2.45) is 10.8 Å². The third-order valence-corrected chi connectivity index (χ3v) is 6.40. The van der Waals surface area contributed by atoms with Gasteiger partial charge in [-0.05, 0) is 47.2 Å². The molecule has 2 N–H and O–H groups in total. The van der Waals surface area contributed by atoms with Crippen LogP contribution in [-0.2, 0) is 30.2 Å². The topological polar surface area (TPSA) is 168 Å². The Labute approximate surface area is 279 Å². The number of pyridine rings is 2. The number of benzene rings is 1. The molecule has 0 fully saturated rings. The maximum Gasteiger partial charge on any atom is 2.00 e. The molecule has 0 amide bonds. The number of hydrogen-bond donors (Lipinski definition) is 2. The molecule has 0 aliphatic rings. The van der Waals surface area contributed by atoms with Crippen molar-refractivity contribution in [3.8, 4) is 0 Å². The molecule has 10 nitrogen and oxygen atoms in total. The quantitative estimate of drug-likeness (QED) is 0.207. The zero-order valence-electron chi connectivity index (χ0n) is 26.6. The molecule has 0 aliphatic heterocycles. The van der Waals surface area contributed by atoms with E-state index in [0.29, 0.717) is 0 Å². The van der Waals surface area contributed by atoms with Crippen molar-refractivity contribution in [2.75, 3.05) is 43.1 Å². The summed E-state index contributed by atoms with van der Waals surface area (Å²) in [5.74, 6) is 2.88. The predicted molar refractivity (Wildman–Crippen MR) is 162 cm³/mol. The molecule has 1 aromatic carbocycles. The minimum absolute atomic E-state index is 0. The van der Waals surface area contributed by atoms with Crippen LogP contribution in [-0.4, -0.2) is 47.4 Å². The normalized spacial score (nSPS) is 11.4. The number of hydrogen-bond acceptors (Lipinski definition) is 11. The van der Waals surface area contributed by atoms with Crippen LogP contribution < -0.4 is 34.4 Å². The maximum absolute atomic E-state index is 8.49. The first kappa shape index (κ1) is 42.0. The first-order chi connectivity index (χ1) is 20.1. The second-order valence-electron chi connectivity index (χ2n) is 12.1. The Hall–Kier alpha value is -1.96. The van der Waals surface area contributed by atoms with Gasteiger partial charge in [-0.1, -0.05) is 71.9 Å². The second kappa shape index (κ2) is 21.0. The minimum atomic E-state index is -4.94. The average molecular weight is 700 g/mol. The molecule has 0 aliphatic carbocycles. The summed E-state index contributed by atoms with van der Waals surface area (Å²) in [6.07, 6.45) is 0. The molecule has 0 bridgehead atoms. The molecule has 0 saturated carbocycles. The molecule has 13 heteroatoms. The average Bonchev–Trinajstić information content (AvgIpc) is 2.91. The molecule has 0 unspecified atom stereocenters. The zero-order chi connectivity index (χ0) is 32.5. The molecule has 249 valence electrons. The summed E-state index contributed by atoms with van der Waals surface area (Å²) in [7, 11) is -4.19. The van der Waals surface area contributed by atoms with E-state index in [4.69, 9.17) is 33.7 Å². The molecule has 0 spiro atoms. The molecule has 44 heavy (non-hydrogen) atoms. The van der Waals surface area contributed by atoms with Gasteiger partial charge in [0.1, 0.15) is 11.6 Å². The zero-order valence-corrected chi connectivity index (χ0v) is 29.1. The predicted octanol–water partition coefficient (Wildman–Crippen LogP) is 1.41. The van der Waals surface area contributed by atoms with Gasteiger partial charge in [-0.2, -0.15) is 7.11 Å². The third kappa shape index (κ3) is 22.5. The van der Waals surface area contributed by atoms with Crippen LogP contribution in [0.25, 0.3) is 0 Å². The number of nitrogens with zero attached hydrogens (tertiary/aromatic N) is 3. The molecule has 0 atom stereocenters. The van der Waals surface area contributed by atoms with Crippen molar-refractivity contribution < 1.29 is 51.1 Å². The van der Waals surface area contributed by atoms with E-state index in [-0.39, 0.29) is 27.9 Å². The number of thioether (sulfide) groups is 1. The molecule has 2 aromatic heterocycles. The number of nitrogens with one attached hydrogen (secondary N) is 2. The maximum atomic E-state index is 8.49. The van der Waals surface area contributed by atoms with Gasteiger partial charge in [0.15, 0.2) is 0 Å². The van der Waals surface area contributed by atoms with Crippen molar-refractivity contribution in [2.45, 2.75) is 59.5 Å². The fourth-order valence-corrected chi connectivity index (χ4v) is 4.46. The summed E-state index contributed by atoms with van der Waals surface area (Å²) in [6.45, 7) is 17.7. The van der Waals surface area contributed by atoms with Crippen LogP contribution in [0.4, 0.5) is 11.6 Å². The minimum Gasteiger partial charge on any atom is -0.857 e. The Kier molecular flexibility index (Phi) is 20.0. The fraction of sp³-hybridized carbons (Fsp3) is 0.484. The number of rotatable bonds is 12. The molecule has 1 radical (unpaired) electrons. The Morgan fingerprint density at radius 1 is 0.682 bits per heavy atom. The van der Waals surface area contributed by atoms with E-state index in [9.17, 15) is 0 Å². The summed E-state index contributed by atoms with van der Waals surface area (Å²) in [5.41, 5.74) is 2.55. The van der Waals surface area contributed by atoms with E-state index in [1.807, 2.05) is 11.8 Å². The van der Waals surface area contributed by atoms with Crippen LogP contribution >= 0.6 is 11.8 Å². The van der Waals surface area contributed by atoms with Gasteiger partial charge in [-0.25, -0.2) is 28.6 Å². The first-order valence-corrected chi connectivity index (χ1v) is 16.1. The van der Waals surface area contributed by atoms with Crippen LogP contribution in [0.2, 0.25) is 0 Å². The first-order valence-electron chi connectivity index (χ1n) is 13.9. The number of anilines is 2. The van der Waals surface area contributed by atoms with E-state index in [1.54, 1.807) is 0 Å². The van der Waals surface area contributed by atoms with Gasteiger partial charge in [0.2, 0.25) is 0 Å². The molecule has 3 rings (SSSR count). The Morgan fingerprint density at radius 3 is 1.48 bits per heavy atom. The van der Waals surface area contributed by atoms with Crippen molar-refractivity contribution in [3.63, 3.8) is 0 Å². The van der Waals surface area contributed by atoms with E-state index < -0.39 is 10.2 Å². The number of aromatic nitrogens is 2. The van der Waals surface area contributed by atoms with Crippen LogP contribution in [0.1, 0.15) is 52.9 Å². The molecule has 2 heterocycles. The van der Waals surface area contributed by atoms with E-state index in [2.05, 4.69) is 124 Å². The van der Waals surface area contributed by atoms with Gasteiger partial charge >= 0.3 is 17.1 Å². The molecule has 3 aromatic rings. The second-order valence-corrected chi connectivity index (χ2v) is 14.0. The van der Waals surface area contributed by atoms with Crippen molar-refractivity contribution >= 4 is 23.4 Å². The summed E-state index contributed by atoms with van der Waals surface area (Å²) in [6, 6.07) is 23.1. The van der Waals surface area contributed by atoms with Gasteiger partial charge < -0.3 is 15.7 Å². The summed E-state index contributed by atoms with van der Waals surface area (Å²) >= 11 is 1.89. The molecular formula is C31H46ClCuN5O5S. The Balaban J connectivity index is 0.00000210. The largest absolute Gasteiger partial charge is 2.00 e. The van der Waals surface area contributed by atoms with Crippen LogP contribution in [0.15, 0.2) is 71.6 Å². The van der Waals surface area contributed by atoms with Gasteiger partial charge in [0.05, 0.1) is 11.4 Å². The van der Waals surface area contributed by atoms with Gasteiger partial charge in [0, 0.05) is 43.4 Å². The molecule has 0 saturated heterocycles. The van der Waals surface area contributed by atoms with Gasteiger partial charge in [-0.3, -0.25) is 4.90 Å². The molecular weight excluding hydrogens is 653 g/mol. The fourth-order valence-electron chi connectivity index (χ4n) is 3.53. The monoisotopic (exact) mass is 698 g/mol. The SMILES string of the molecule is CC(C)(C)CNc1cccc(CN(CCSc2ccccc2)Cc2cccc(NCC(C)(C)C)n2)n1.C[O-].[Cu+2].[O-][Cl+3]([O-])([O-])[O-]. The Bertz CT molecular complexity index is 1110.